The quantitative estimate of drug-likeness (QED) is 0.654. The second kappa shape index (κ2) is 6.54. The molecule has 0 saturated carbocycles. The largest absolute Gasteiger partial charge is 0.319 e. The summed E-state index contributed by atoms with van der Waals surface area (Å²) in [5.41, 5.74) is 0.511. The van der Waals surface area contributed by atoms with Crippen molar-refractivity contribution in [2.75, 3.05) is 0 Å². The van der Waals surface area contributed by atoms with Crippen LogP contribution in [0.4, 0.5) is 0 Å². The molecule has 12 heavy (non-hydrogen) atoms. The van der Waals surface area contributed by atoms with Crippen LogP contribution >= 0.6 is 0 Å². The van der Waals surface area contributed by atoms with Crippen molar-refractivity contribution in [1.29, 1.82) is 0 Å². The van der Waals surface area contributed by atoms with Gasteiger partial charge in [0.2, 0.25) is 0 Å². The van der Waals surface area contributed by atoms with Crippen molar-refractivity contribution >= 4 is 0 Å². The van der Waals surface area contributed by atoms with Gasteiger partial charge in [-0.05, 0) is 5.41 Å². The van der Waals surface area contributed by atoms with Gasteiger partial charge in [0.05, 0.1) is 0 Å². The number of hydrogen-bond donors (Lipinski definition) is 0. The zero-order valence-electron chi connectivity index (χ0n) is 9.57. The van der Waals surface area contributed by atoms with Gasteiger partial charge in [0.15, 0.2) is 0 Å². The summed E-state index contributed by atoms with van der Waals surface area (Å²) in [4.78, 5) is 0. The van der Waals surface area contributed by atoms with Crippen LogP contribution in [0.3, 0.4) is 0 Å². The molecule has 0 spiro atoms. The summed E-state index contributed by atoms with van der Waals surface area (Å²) in [6.07, 6.45) is 2.56. The van der Waals surface area contributed by atoms with Gasteiger partial charge in [-0.3, -0.25) is 0 Å². The van der Waals surface area contributed by atoms with E-state index in [1.807, 2.05) is 0 Å². The fraction of sp³-hybridized carbons (Fsp3) is 0.909. The molecule has 0 aromatic heterocycles. The van der Waals surface area contributed by atoms with Crippen molar-refractivity contribution in [3.05, 3.63) is 5.92 Å². The van der Waals surface area contributed by atoms with Crippen LogP contribution in [0.2, 0.25) is 0 Å². The van der Waals surface area contributed by atoms with Crippen molar-refractivity contribution in [3.8, 4) is 0 Å². The average molecular weight is 244 g/mol. The topological polar surface area (TPSA) is 0 Å². The fourth-order valence-electron chi connectivity index (χ4n) is 1.24. The summed E-state index contributed by atoms with van der Waals surface area (Å²) in [6, 6.07) is 0. The molecular formula is C11H23Y-. The molecule has 0 nitrogen and oxygen atoms in total. The summed E-state index contributed by atoms with van der Waals surface area (Å²) >= 11 is 0. The molecule has 0 aromatic carbocycles. The Bertz CT molecular complexity index is 106. The predicted octanol–water partition coefficient (Wildman–Crippen LogP) is 4.06. The zero-order valence-corrected chi connectivity index (χ0v) is 12.4. The van der Waals surface area contributed by atoms with E-state index in [0.717, 1.165) is 5.92 Å². The molecule has 0 aliphatic rings. The molecule has 0 aromatic rings. The van der Waals surface area contributed by atoms with Gasteiger partial charge in [0, 0.05) is 32.7 Å². The third kappa shape index (κ3) is 5.70. The van der Waals surface area contributed by atoms with E-state index in [0.29, 0.717) is 5.41 Å². The van der Waals surface area contributed by atoms with Gasteiger partial charge in [-0.15, -0.1) is 0 Å². The minimum atomic E-state index is 0. The first-order valence-electron chi connectivity index (χ1n) is 4.69. The number of rotatable bonds is 4. The Morgan fingerprint density at radius 1 is 1.25 bits per heavy atom. The van der Waals surface area contributed by atoms with Crippen LogP contribution in [0, 0.1) is 17.3 Å². The molecule has 0 heterocycles. The summed E-state index contributed by atoms with van der Waals surface area (Å²) in [7, 11) is 0. The van der Waals surface area contributed by atoms with Gasteiger partial charge in [-0.2, -0.15) is 20.3 Å². The van der Waals surface area contributed by atoms with E-state index < -0.39 is 0 Å². The van der Waals surface area contributed by atoms with Crippen LogP contribution in [0.1, 0.15) is 54.4 Å². The molecule has 0 aliphatic heterocycles. The van der Waals surface area contributed by atoms with Crippen LogP contribution in [0.5, 0.6) is 0 Å². The Hall–Kier alpha value is 1.10. The van der Waals surface area contributed by atoms with Gasteiger partial charge in [-0.1, -0.05) is 40.0 Å². The SMILES string of the molecule is CCC(C)(C)C(C)C[C-](C)C.[Y]. The second-order valence-corrected chi connectivity index (χ2v) is 4.65. The van der Waals surface area contributed by atoms with Crippen molar-refractivity contribution in [1.82, 2.24) is 0 Å². The molecule has 0 rings (SSSR count). The average Bonchev–Trinajstić information content (AvgIpc) is 1.86. The summed E-state index contributed by atoms with van der Waals surface area (Å²) in [5, 5.41) is 0. The van der Waals surface area contributed by atoms with E-state index in [9.17, 15) is 0 Å². The smallest absolute Gasteiger partial charge is 0 e. The van der Waals surface area contributed by atoms with E-state index in [1.165, 1.54) is 12.8 Å². The van der Waals surface area contributed by atoms with Crippen LogP contribution < -0.4 is 0 Å². The molecule has 0 saturated heterocycles. The Morgan fingerprint density at radius 3 is 1.92 bits per heavy atom. The summed E-state index contributed by atoms with van der Waals surface area (Å²) < 4.78 is 0. The van der Waals surface area contributed by atoms with Crippen molar-refractivity contribution in [2.45, 2.75) is 54.4 Å². The van der Waals surface area contributed by atoms with Gasteiger partial charge in [-0.25, -0.2) is 0 Å². The molecule has 1 heteroatoms. The summed E-state index contributed by atoms with van der Waals surface area (Å²) in [5.74, 6) is 2.37. The third-order valence-electron chi connectivity index (χ3n) is 2.96. The monoisotopic (exact) mass is 244 g/mol. The number of hydrogen-bond acceptors (Lipinski definition) is 0. The first-order valence-corrected chi connectivity index (χ1v) is 4.69. The standard InChI is InChI=1S/C11H23.Y/c1-7-11(5,6)10(4)8-9(2)3;/h10H,7-8H2,1-6H3;/q-1;. The normalized spacial score (nSPS) is 14.2. The molecule has 1 atom stereocenters. The van der Waals surface area contributed by atoms with E-state index in [2.05, 4.69) is 41.5 Å². The maximum atomic E-state index is 2.36. The molecule has 0 N–H and O–H groups in total. The molecule has 1 unspecified atom stereocenters. The maximum absolute atomic E-state index is 2.36. The molecule has 0 bridgehead atoms. The zero-order chi connectivity index (χ0) is 9.07. The first-order chi connectivity index (χ1) is 4.90. The van der Waals surface area contributed by atoms with E-state index >= 15 is 0 Å². The van der Waals surface area contributed by atoms with Crippen LogP contribution in [-0.2, 0) is 32.7 Å². The molecule has 0 fully saturated rings. The Morgan fingerprint density at radius 2 is 1.67 bits per heavy atom. The predicted molar refractivity (Wildman–Crippen MR) is 52.4 cm³/mol. The van der Waals surface area contributed by atoms with Gasteiger partial charge < -0.3 is 5.92 Å². The third-order valence-corrected chi connectivity index (χ3v) is 2.96. The fourth-order valence-corrected chi connectivity index (χ4v) is 1.24. The molecule has 1 radical (unpaired) electrons. The molecular weight excluding hydrogens is 221 g/mol. The van der Waals surface area contributed by atoms with Gasteiger partial charge >= 0.3 is 0 Å². The van der Waals surface area contributed by atoms with Gasteiger partial charge in [0.25, 0.3) is 0 Å². The van der Waals surface area contributed by atoms with Crippen LogP contribution in [-0.4, -0.2) is 0 Å². The summed E-state index contributed by atoms with van der Waals surface area (Å²) in [6.45, 7) is 13.8. The first kappa shape index (κ1) is 15.6. The minimum Gasteiger partial charge on any atom is -0.319 e. The van der Waals surface area contributed by atoms with Gasteiger partial charge in [0.1, 0.15) is 0 Å². The van der Waals surface area contributed by atoms with Crippen LogP contribution in [0.25, 0.3) is 0 Å². The second-order valence-electron chi connectivity index (χ2n) is 4.65. The van der Waals surface area contributed by atoms with E-state index in [-0.39, 0.29) is 32.7 Å². The minimum absolute atomic E-state index is 0. The Labute approximate surface area is 104 Å². The van der Waals surface area contributed by atoms with Crippen LogP contribution in [0.15, 0.2) is 0 Å². The van der Waals surface area contributed by atoms with E-state index in [1.54, 1.807) is 5.92 Å². The maximum Gasteiger partial charge on any atom is 0 e. The van der Waals surface area contributed by atoms with Crippen molar-refractivity contribution in [2.24, 2.45) is 11.3 Å². The molecule has 0 amide bonds. The molecule has 71 valence electrons. The Balaban J connectivity index is 0. The van der Waals surface area contributed by atoms with Crippen molar-refractivity contribution in [3.63, 3.8) is 0 Å². The van der Waals surface area contributed by atoms with Crippen molar-refractivity contribution < 1.29 is 32.7 Å². The molecule has 0 aliphatic carbocycles. The van der Waals surface area contributed by atoms with E-state index in [4.69, 9.17) is 0 Å². The Kier molecular flexibility index (Phi) is 8.49.